The first-order valence-electron chi connectivity index (χ1n) is 11.5. The number of amides is 1. The highest BCUT2D eigenvalue weighted by molar-refractivity contribution is 6.30. The Labute approximate surface area is 203 Å². The van der Waals surface area contributed by atoms with E-state index >= 15 is 0 Å². The number of carbonyl (C=O) groups excluding carboxylic acids is 1. The molecule has 0 radical (unpaired) electrons. The third-order valence-corrected chi connectivity index (χ3v) is 7.29. The molecule has 1 unspecified atom stereocenters. The lowest BCUT2D eigenvalue weighted by atomic mass is 10.0. The lowest BCUT2D eigenvalue weighted by Crippen LogP contribution is -2.35. The van der Waals surface area contributed by atoms with Gasteiger partial charge in [0.15, 0.2) is 5.69 Å². The first-order chi connectivity index (χ1) is 16.3. The highest BCUT2D eigenvalue weighted by Crippen LogP contribution is 2.49. The first kappa shape index (κ1) is 21.5. The molecule has 8 nitrogen and oxygen atoms in total. The molecule has 4 N–H and O–H groups in total. The second kappa shape index (κ2) is 7.73. The van der Waals surface area contributed by atoms with Crippen LogP contribution in [0.3, 0.4) is 0 Å². The van der Waals surface area contributed by atoms with E-state index in [9.17, 15) is 4.79 Å². The molecule has 6 rings (SSSR count). The molecule has 3 aliphatic rings. The van der Waals surface area contributed by atoms with E-state index in [2.05, 4.69) is 4.57 Å². The van der Waals surface area contributed by atoms with Gasteiger partial charge in [-0.1, -0.05) is 23.7 Å². The second-order valence-corrected chi connectivity index (χ2v) is 9.91. The summed E-state index contributed by atoms with van der Waals surface area (Å²) in [4.78, 5) is 20.7. The smallest absolute Gasteiger partial charge is 0.279 e. The summed E-state index contributed by atoms with van der Waals surface area (Å²) >= 11 is 6.21. The van der Waals surface area contributed by atoms with E-state index in [0.717, 1.165) is 41.2 Å². The minimum Gasteiger partial charge on any atom is -0.397 e. The van der Waals surface area contributed by atoms with E-state index in [0.29, 0.717) is 41.2 Å². The van der Waals surface area contributed by atoms with Gasteiger partial charge in [-0.25, -0.2) is 10.8 Å². The maximum absolute atomic E-state index is 14.0. The number of halogens is 1. The summed E-state index contributed by atoms with van der Waals surface area (Å²) in [6.07, 6.45) is 2.21. The number of benzene rings is 2. The number of nitrogens with two attached hydrogens (primary N) is 2. The number of anilines is 3. The van der Waals surface area contributed by atoms with Crippen LogP contribution in [0.4, 0.5) is 17.1 Å². The molecule has 1 atom stereocenters. The molecule has 9 heteroatoms. The Morgan fingerprint density at radius 1 is 1.18 bits per heavy atom. The number of ether oxygens (including phenoxy) is 1. The summed E-state index contributed by atoms with van der Waals surface area (Å²) < 4.78 is 7.83. The third kappa shape index (κ3) is 3.20. The highest BCUT2D eigenvalue weighted by atomic mass is 35.5. The average molecular weight is 479 g/mol. The lowest BCUT2D eigenvalue weighted by Gasteiger charge is -2.34. The van der Waals surface area contributed by atoms with Gasteiger partial charge in [0, 0.05) is 23.7 Å². The maximum atomic E-state index is 14.0. The highest BCUT2D eigenvalue weighted by Gasteiger charge is 2.47. The Hall–Kier alpha value is -3.07. The van der Waals surface area contributed by atoms with Crippen LogP contribution in [-0.4, -0.2) is 35.7 Å². The summed E-state index contributed by atoms with van der Waals surface area (Å²) in [7, 11) is 1.74. The molecule has 2 fully saturated rings. The molecular weight excluding hydrogens is 452 g/mol. The zero-order valence-electron chi connectivity index (χ0n) is 19.2. The number of nitrogen functional groups attached to an aromatic ring is 1. The van der Waals surface area contributed by atoms with E-state index in [4.69, 9.17) is 32.9 Å². The molecule has 1 saturated heterocycles. The van der Waals surface area contributed by atoms with Crippen LogP contribution in [0.2, 0.25) is 5.02 Å². The Morgan fingerprint density at radius 2 is 1.88 bits per heavy atom. The van der Waals surface area contributed by atoms with Gasteiger partial charge < -0.3 is 20.0 Å². The largest absolute Gasteiger partial charge is 0.397 e. The predicted octanol–water partition coefficient (Wildman–Crippen LogP) is 3.94. The van der Waals surface area contributed by atoms with Crippen molar-refractivity contribution >= 4 is 34.6 Å². The van der Waals surface area contributed by atoms with Gasteiger partial charge >= 0.3 is 0 Å². The molecule has 2 aliphatic heterocycles. The molecule has 1 amide bonds. The number of aryl methyl sites for hydroxylation is 1. The van der Waals surface area contributed by atoms with E-state index in [1.165, 1.54) is 5.01 Å². The maximum Gasteiger partial charge on any atom is 0.279 e. The molecule has 2 aromatic carbocycles. The van der Waals surface area contributed by atoms with Gasteiger partial charge in [0.25, 0.3) is 5.91 Å². The summed E-state index contributed by atoms with van der Waals surface area (Å²) in [5.74, 6) is 7.37. The van der Waals surface area contributed by atoms with Gasteiger partial charge in [0.2, 0.25) is 0 Å². The number of carbonyl (C=O) groups is 1. The van der Waals surface area contributed by atoms with Gasteiger partial charge in [0.05, 0.1) is 36.3 Å². The number of hydrogen-bond acceptors (Lipinski definition) is 6. The quantitative estimate of drug-likeness (QED) is 0.327. The minimum atomic E-state index is -0.348. The standard InChI is InChI=1S/C25H27ClN6O2/c1-13-9-17(10-19(20(13)27)30(2)28)32-22(14-5-7-16(26)8-6-14)23-21(25(32)33)29-24(15-3-4-15)31(23)18-11-34-12-18/h5-10,15,18,22H,3-4,11-12,27-28H2,1-2H3. The zero-order valence-corrected chi connectivity index (χ0v) is 19.9. The molecule has 34 heavy (non-hydrogen) atoms. The molecule has 3 aromatic rings. The van der Waals surface area contributed by atoms with Crippen molar-refractivity contribution in [3.05, 3.63) is 69.8 Å². The third-order valence-electron chi connectivity index (χ3n) is 7.04. The van der Waals surface area contributed by atoms with E-state index < -0.39 is 0 Å². The molecule has 0 spiro atoms. The molecule has 1 aliphatic carbocycles. The number of aromatic nitrogens is 2. The van der Waals surface area contributed by atoms with Crippen molar-refractivity contribution in [2.75, 3.05) is 35.9 Å². The Bertz CT molecular complexity index is 1290. The molecule has 1 saturated carbocycles. The minimum absolute atomic E-state index is 0.120. The first-order valence-corrected chi connectivity index (χ1v) is 11.9. The van der Waals surface area contributed by atoms with Gasteiger partial charge in [0.1, 0.15) is 11.9 Å². The normalized spacial score (nSPS) is 19.9. The van der Waals surface area contributed by atoms with Crippen LogP contribution < -0.4 is 21.5 Å². The van der Waals surface area contributed by atoms with Crippen LogP contribution in [0.15, 0.2) is 36.4 Å². The van der Waals surface area contributed by atoms with Crippen molar-refractivity contribution in [2.45, 2.75) is 37.8 Å². The van der Waals surface area contributed by atoms with E-state index in [1.807, 2.05) is 48.2 Å². The van der Waals surface area contributed by atoms with Crippen LogP contribution in [0, 0.1) is 6.92 Å². The number of rotatable bonds is 5. The van der Waals surface area contributed by atoms with Crippen LogP contribution in [-0.2, 0) is 4.74 Å². The topological polar surface area (TPSA) is 103 Å². The SMILES string of the molecule is Cc1cc(N2C(=O)c3nc(C4CC4)n(C4COC4)c3C2c2ccc(Cl)cc2)cc(N(C)N)c1N. The summed E-state index contributed by atoms with van der Waals surface area (Å²) in [6, 6.07) is 11.3. The summed E-state index contributed by atoms with van der Waals surface area (Å²) in [6.45, 7) is 3.19. The Balaban J connectivity index is 1.57. The monoisotopic (exact) mass is 478 g/mol. The molecule has 0 bridgehead atoms. The molecule has 3 heterocycles. The fraction of sp³-hybridized carbons (Fsp3) is 0.360. The van der Waals surface area contributed by atoms with Gasteiger partial charge in [-0.15, -0.1) is 0 Å². The van der Waals surface area contributed by atoms with Crippen molar-refractivity contribution in [2.24, 2.45) is 5.84 Å². The number of imidazole rings is 1. The number of hydrazine groups is 1. The van der Waals surface area contributed by atoms with Crippen LogP contribution in [0.25, 0.3) is 0 Å². The fourth-order valence-corrected chi connectivity index (χ4v) is 5.16. The van der Waals surface area contributed by atoms with Crippen molar-refractivity contribution in [1.29, 1.82) is 0 Å². The van der Waals surface area contributed by atoms with Crippen molar-refractivity contribution in [3.8, 4) is 0 Å². The number of nitrogens with zero attached hydrogens (tertiary/aromatic N) is 4. The van der Waals surface area contributed by atoms with Crippen LogP contribution in [0.1, 0.15) is 64.0 Å². The second-order valence-electron chi connectivity index (χ2n) is 9.48. The van der Waals surface area contributed by atoms with Crippen LogP contribution in [0.5, 0.6) is 0 Å². The predicted molar refractivity (Wildman–Crippen MR) is 132 cm³/mol. The summed E-state index contributed by atoms with van der Waals surface area (Å²) in [5, 5.41) is 2.13. The summed E-state index contributed by atoms with van der Waals surface area (Å²) in [5.41, 5.74) is 11.5. The van der Waals surface area contributed by atoms with Crippen LogP contribution >= 0.6 is 11.6 Å². The zero-order chi connectivity index (χ0) is 23.7. The fourth-order valence-electron chi connectivity index (χ4n) is 5.03. The average Bonchev–Trinajstić information content (AvgIpc) is 3.49. The molecule has 1 aromatic heterocycles. The van der Waals surface area contributed by atoms with Gasteiger partial charge in [-0.2, -0.15) is 0 Å². The number of hydrogen-bond donors (Lipinski definition) is 2. The van der Waals surface area contributed by atoms with Crippen molar-refractivity contribution < 1.29 is 9.53 Å². The molecular formula is C25H27ClN6O2. The Morgan fingerprint density at radius 3 is 2.47 bits per heavy atom. The van der Waals surface area contributed by atoms with E-state index in [-0.39, 0.29) is 18.0 Å². The van der Waals surface area contributed by atoms with Crippen molar-refractivity contribution in [1.82, 2.24) is 9.55 Å². The van der Waals surface area contributed by atoms with Crippen molar-refractivity contribution in [3.63, 3.8) is 0 Å². The van der Waals surface area contributed by atoms with Gasteiger partial charge in [-0.3, -0.25) is 9.69 Å². The lowest BCUT2D eigenvalue weighted by molar-refractivity contribution is -0.0257. The Kier molecular flexibility index (Phi) is 4.88. The van der Waals surface area contributed by atoms with E-state index in [1.54, 1.807) is 7.05 Å². The molecule has 176 valence electrons. The number of fused-ring (bicyclic) bond motifs is 1. The van der Waals surface area contributed by atoms with Gasteiger partial charge in [-0.05, 0) is 55.2 Å².